The lowest BCUT2D eigenvalue weighted by atomic mass is 10.0. The highest BCUT2D eigenvalue weighted by atomic mass is 15.3. The molecule has 1 aromatic rings. The molecule has 1 N–H and O–H groups in total. The highest BCUT2D eigenvalue weighted by Crippen LogP contribution is 2.10. The molecule has 1 aliphatic rings. The summed E-state index contributed by atoms with van der Waals surface area (Å²) in [6, 6.07) is 0. The first-order chi connectivity index (χ1) is 6.74. The molecule has 0 saturated carbocycles. The first kappa shape index (κ1) is 9.71. The van der Waals surface area contributed by atoms with Gasteiger partial charge in [0.25, 0.3) is 0 Å². The molecule has 14 heavy (non-hydrogen) atoms. The Bertz CT molecular complexity index is 286. The van der Waals surface area contributed by atoms with Crippen LogP contribution in [-0.4, -0.2) is 22.9 Å². The number of hydrogen-bond acceptors (Lipinski definition) is 2. The van der Waals surface area contributed by atoms with Crippen molar-refractivity contribution < 1.29 is 0 Å². The summed E-state index contributed by atoms with van der Waals surface area (Å²) in [7, 11) is 0. The highest BCUT2D eigenvalue weighted by Gasteiger charge is 2.17. The Balaban J connectivity index is 1.88. The summed E-state index contributed by atoms with van der Waals surface area (Å²) in [5.74, 6) is 1.51. The van der Waals surface area contributed by atoms with Crippen molar-refractivity contribution in [3.05, 3.63) is 18.0 Å². The van der Waals surface area contributed by atoms with Crippen LogP contribution in [0.4, 0.5) is 0 Å². The molecule has 78 valence electrons. The molecule has 0 bridgehead atoms. The first-order valence-corrected chi connectivity index (χ1v) is 5.46. The van der Waals surface area contributed by atoms with Gasteiger partial charge in [-0.05, 0) is 17.9 Å². The minimum absolute atomic E-state index is 0.720. The van der Waals surface area contributed by atoms with Crippen molar-refractivity contribution >= 4 is 0 Å². The molecule has 0 amide bonds. The van der Waals surface area contributed by atoms with E-state index in [1.807, 2.05) is 6.20 Å². The normalized spacial score (nSPS) is 17.4. The van der Waals surface area contributed by atoms with Crippen LogP contribution in [-0.2, 0) is 13.0 Å². The Morgan fingerprint density at radius 1 is 1.57 bits per heavy atom. The van der Waals surface area contributed by atoms with Gasteiger partial charge < -0.3 is 5.32 Å². The van der Waals surface area contributed by atoms with E-state index in [-0.39, 0.29) is 0 Å². The van der Waals surface area contributed by atoms with Gasteiger partial charge in [-0.1, -0.05) is 13.8 Å². The monoisotopic (exact) mass is 193 g/mol. The smallest absolute Gasteiger partial charge is 0.0521 e. The van der Waals surface area contributed by atoms with Gasteiger partial charge in [-0.15, -0.1) is 0 Å². The SMILES string of the molecule is CC(C)Cc1cnn(CC2CNC2)c1. The number of nitrogens with zero attached hydrogens (tertiary/aromatic N) is 2. The molecule has 3 heteroatoms. The maximum absolute atomic E-state index is 4.38. The average molecular weight is 193 g/mol. The van der Waals surface area contributed by atoms with Crippen LogP contribution < -0.4 is 5.32 Å². The van der Waals surface area contributed by atoms with E-state index in [0.717, 1.165) is 37.9 Å². The van der Waals surface area contributed by atoms with E-state index >= 15 is 0 Å². The zero-order valence-corrected chi connectivity index (χ0v) is 9.03. The molecule has 0 unspecified atom stereocenters. The number of aromatic nitrogens is 2. The quantitative estimate of drug-likeness (QED) is 0.781. The third-order valence-corrected chi connectivity index (χ3v) is 2.64. The summed E-state index contributed by atoms with van der Waals surface area (Å²) in [4.78, 5) is 0. The van der Waals surface area contributed by atoms with Crippen LogP contribution in [0.2, 0.25) is 0 Å². The minimum atomic E-state index is 0.720. The molecule has 1 saturated heterocycles. The van der Waals surface area contributed by atoms with E-state index in [9.17, 15) is 0 Å². The number of hydrogen-bond donors (Lipinski definition) is 1. The molecule has 0 aromatic carbocycles. The van der Waals surface area contributed by atoms with Gasteiger partial charge in [-0.2, -0.15) is 5.10 Å². The highest BCUT2D eigenvalue weighted by molar-refractivity contribution is 5.04. The van der Waals surface area contributed by atoms with Crippen LogP contribution in [0.15, 0.2) is 12.4 Å². The van der Waals surface area contributed by atoms with Crippen LogP contribution in [0.3, 0.4) is 0 Å². The van der Waals surface area contributed by atoms with Crippen LogP contribution in [0, 0.1) is 11.8 Å². The summed E-state index contributed by atoms with van der Waals surface area (Å²) in [6.07, 6.45) is 5.34. The van der Waals surface area contributed by atoms with Gasteiger partial charge in [-0.3, -0.25) is 4.68 Å². The van der Waals surface area contributed by atoms with Crippen molar-refractivity contribution in [2.24, 2.45) is 11.8 Å². The van der Waals surface area contributed by atoms with E-state index in [1.165, 1.54) is 5.56 Å². The molecule has 1 fully saturated rings. The van der Waals surface area contributed by atoms with Crippen molar-refractivity contribution in [1.29, 1.82) is 0 Å². The second kappa shape index (κ2) is 4.13. The third kappa shape index (κ3) is 2.35. The molecule has 1 aromatic heterocycles. The summed E-state index contributed by atoms with van der Waals surface area (Å²) < 4.78 is 2.09. The maximum Gasteiger partial charge on any atom is 0.0521 e. The fraction of sp³-hybridized carbons (Fsp3) is 0.727. The average Bonchev–Trinajstić information content (AvgIpc) is 2.44. The predicted octanol–water partition coefficient (Wildman–Crippen LogP) is 1.30. The van der Waals surface area contributed by atoms with Crippen molar-refractivity contribution in [3.8, 4) is 0 Å². The summed E-state index contributed by atoms with van der Waals surface area (Å²) >= 11 is 0. The summed E-state index contributed by atoms with van der Waals surface area (Å²) in [6.45, 7) is 7.87. The molecule has 0 radical (unpaired) electrons. The second-order valence-electron chi connectivity index (χ2n) is 4.69. The number of nitrogens with one attached hydrogen (secondary N) is 1. The van der Waals surface area contributed by atoms with Gasteiger partial charge in [0.15, 0.2) is 0 Å². The first-order valence-electron chi connectivity index (χ1n) is 5.46. The van der Waals surface area contributed by atoms with E-state index in [0.29, 0.717) is 0 Å². The van der Waals surface area contributed by atoms with Crippen molar-refractivity contribution in [2.75, 3.05) is 13.1 Å². The summed E-state index contributed by atoms with van der Waals surface area (Å²) in [5.41, 5.74) is 1.37. The molecule has 2 rings (SSSR count). The van der Waals surface area contributed by atoms with Gasteiger partial charge in [0.1, 0.15) is 0 Å². The Morgan fingerprint density at radius 3 is 2.93 bits per heavy atom. The van der Waals surface area contributed by atoms with E-state index in [2.05, 4.69) is 35.1 Å². The topological polar surface area (TPSA) is 29.9 Å². The zero-order chi connectivity index (χ0) is 9.97. The van der Waals surface area contributed by atoms with E-state index < -0.39 is 0 Å². The van der Waals surface area contributed by atoms with E-state index in [1.54, 1.807) is 0 Å². The zero-order valence-electron chi connectivity index (χ0n) is 9.03. The second-order valence-corrected chi connectivity index (χ2v) is 4.69. The van der Waals surface area contributed by atoms with Crippen LogP contribution in [0.1, 0.15) is 19.4 Å². The van der Waals surface area contributed by atoms with Gasteiger partial charge in [-0.25, -0.2) is 0 Å². The third-order valence-electron chi connectivity index (χ3n) is 2.64. The Hall–Kier alpha value is -0.830. The molecule has 0 spiro atoms. The fourth-order valence-corrected chi connectivity index (χ4v) is 1.83. The molecular formula is C11H19N3. The fourth-order valence-electron chi connectivity index (χ4n) is 1.83. The molecule has 1 aliphatic heterocycles. The van der Waals surface area contributed by atoms with Crippen LogP contribution in [0.25, 0.3) is 0 Å². The minimum Gasteiger partial charge on any atom is -0.316 e. The lowest BCUT2D eigenvalue weighted by Gasteiger charge is -2.26. The summed E-state index contributed by atoms with van der Waals surface area (Å²) in [5, 5.41) is 7.66. The Kier molecular flexibility index (Phi) is 2.87. The largest absolute Gasteiger partial charge is 0.316 e. The molecular weight excluding hydrogens is 174 g/mol. The Labute approximate surface area is 85.5 Å². The molecule has 0 aliphatic carbocycles. The lowest BCUT2D eigenvalue weighted by Crippen LogP contribution is -2.44. The van der Waals surface area contributed by atoms with Crippen LogP contribution >= 0.6 is 0 Å². The maximum atomic E-state index is 4.38. The van der Waals surface area contributed by atoms with Crippen molar-refractivity contribution in [3.63, 3.8) is 0 Å². The van der Waals surface area contributed by atoms with Gasteiger partial charge in [0, 0.05) is 31.7 Å². The van der Waals surface area contributed by atoms with Crippen molar-refractivity contribution in [2.45, 2.75) is 26.8 Å². The number of rotatable bonds is 4. The standard InChI is InChI=1S/C11H19N3/c1-9(2)3-10-6-13-14(7-10)8-11-4-12-5-11/h6-7,9,11-12H,3-5,8H2,1-2H3. The van der Waals surface area contributed by atoms with Crippen LogP contribution in [0.5, 0.6) is 0 Å². The lowest BCUT2D eigenvalue weighted by molar-refractivity contribution is 0.295. The van der Waals surface area contributed by atoms with E-state index in [4.69, 9.17) is 0 Å². The predicted molar refractivity (Wildman–Crippen MR) is 57.1 cm³/mol. The van der Waals surface area contributed by atoms with Gasteiger partial charge in [0.05, 0.1) is 6.20 Å². The van der Waals surface area contributed by atoms with Gasteiger partial charge >= 0.3 is 0 Å². The van der Waals surface area contributed by atoms with Gasteiger partial charge in [0.2, 0.25) is 0 Å². The Morgan fingerprint density at radius 2 is 2.36 bits per heavy atom. The van der Waals surface area contributed by atoms with Crippen molar-refractivity contribution in [1.82, 2.24) is 15.1 Å². The molecule has 2 heterocycles. The molecule has 3 nitrogen and oxygen atoms in total. The molecule has 0 atom stereocenters.